The molecular weight excluding hydrogens is 238 g/mol. The number of rotatable bonds is 5. The smallest absolute Gasteiger partial charge is 0.0791 e. The summed E-state index contributed by atoms with van der Waals surface area (Å²) in [6.45, 7) is 7.68. The number of hydrogen-bond donors (Lipinski definition) is 2. The van der Waals surface area contributed by atoms with Gasteiger partial charge in [-0.05, 0) is 31.7 Å². The van der Waals surface area contributed by atoms with Crippen LogP contribution in [0.3, 0.4) is 0 Å². The van der Waals surface area contributed by atoms with Crippen LogP contribution in [-0.2, 0) is 0 Å². The maximum Gasteiger partial charge on any atom is 0.0791 e. The molecule has 0 radical (unpaired) electrons. The van der Waals surface area contributed by atoms with Crippen molar-refractivity contribution in [1.29, 1.82) is 0 Å². The lowest BCUT2D eigenvalue weighted by atomic mass is 10.2. The average molecular weight is 263 g/mol. The van der Waals surface area contributed by atoms with Gasteiger partial charge in [0.05, 0.1) is 6.10 Å². The molecule has 4 heteroatoms. The topological polar surface area (TPSA) is 38.7 Å². The highest BCUT2D eigenvalue weighted by atomic mass is 16.3. The molecule has 0 amide bonds. The highest BCUT2D eigenvalue weighted by Crippen LogP contribution is 2.17. The first-order valence-corrected chi connectivity index (χ1v) is 7.05. The SMILES string of the molecule is CNCC(O)CN1CCN(c2cccc(C)c2)CC1. The molecule has 2 N–H and O–H groups in total. The predicted molar refractivity (Wildman–Crippen MR) is 79.8 cm³/mol. The van der Waals surface area contributed by atoms with Gasteiger partial charge in [-0.1, -0.05) is 12.1 Å². The maximum atomic E-state index is 9.80. The molecule has 1 saturated heterocycles. The van der Waals surface area contributed by atoms with E-state index in [1.807, 2.05) is 7.05 Å². The quantitative estimate of drug-likeness (QED) is 0.820. The molecule has 19 heavy (non-hydrogen) atoms. The summed E-state index contributed by atoms with van der Waals surface area (Å²) in [6, 6.07) is 8.67. The van der Waals surface area contributed by atoms with Gasteiger partial charge in [-0.3, -0.25) is 4.90 Å². The summed E-state index contributed by atoms with van der Waals surface area (Å²) in [6.07, 6.45) is -0.268. The lowest BCUT2D eigenvalue weighted by Crippen LogP contribution is -2.49. The molecule has 0 saturated carbocycles. The Bertz CT molecular complexity index is 389. The first kappa shape index (κ1) is 14.3. The Balaban J connectivity index is 1.82. The van der Waals surface area contributed by atoms with Crippen molar-refractivity contribution in [3.63, 3.8) is 0 Å². The van der Waals surface area contributed by atoms with Gasteiger partial charge < -0.3 is 15.3 Å². The van der Waals surface area contributed by atoms with Crippen LogP contribution in [0.4, 0.5) is 5.69 Å². The number of β-amino-alcohol motifs (C(OH)–C–C–N with tert-alkyl or cyclic N) is 1. The van der Waals surface area contributed by atoms with Crippen molar-refractivity contribution in [3.8, 4) is 0 Å². The van der Waals surface area contributed by atoms with Crippen molar-refractivity contribution in [2.45, 2.75) is 13.0 Å². The van der Waals surface area contributed by atoms with E-state index < -0.39 is 0 Å². The summed E-state index contributed by atoms with van der Waals surface area (Å²) in [5.74, 6) is 0. The molecule has 1 aliphatic heterocycles. The molecule has 1 aromatic rings. The molecule has 0 aromatic heterocycles. The summed E-state index contributed by atoms with van der Waals surface area (Å²) in [5.41, 5.74) is 2.62. The molecular formula is C15H25N3O. The van der Waals surface area contributed by atoms with Crippen LogP contribution in [0.25, 0.3) is 0 Å². The van der Waals surface area contributed by atoms with E-state index in [2.05, 4.69) is 46.3 Å². The molecule has 106 valence electrons. The Morgan fingerprint density at radius 3 is 2.63 bits per heavy atom. The second-order valence-electron chi connectivity index (χ2n) is 5.34. The van der Waals surface area contributed by atoms with Crippen molar-refractivity contribution in [3.05, 3.63) is 29.8 Å². The van der Waals surface area contributed by atoms with Crippen molar-refractivity contribution in [2.75, 3.05) is 51.2 Å². The highest BCUT2D eigenvalue weighted by molar-refractivity contribution is 5.48. The Kier molecular flexibility index (Phi) is 5.19. The zero-order valence-corrected chi connectivity index (χ0v) is 12.0. The zero-order valence-electron chi connectivity index (χ0n) is 12.0. The normalized spacial score (nSPS) is 18.6. The van der Waals surface area contributed by atoms with E-state index in [0.29, 0.717) is 6.54 Å². The summed E-state index contributed by atoms with van der Waals surface area (Å²) in [5, 5.41) is 12.8. The molecule has 4 nitrogen and oxygen atoms in total. The van der Waals surface area contributed by atoms with Crippen LogP contribution in [-0.4, -0.2) is 62.4 Å². The van der Waals surface area contributed by atoms with Crippen LogP contribution in [0.1, 0.15) is 5.56 Å². The fourth-order valence-electron chi connectivity index (χ4n) is 2.61. The van der Waals surface area contributed by atoms with E-state index >= 15 is 0 Å². The van der Waals surface area contributed by atoms with Gasteiger partial charge in [0.2, 0.25) is 0 Å². The number of benzene rings is 1. The molecule has 1 unspecified atom stereocenters. The fourth-order valence-corrected chi connectivity index (χ4v) is 2.61. The van der Waals surface area contributed by atoms with Gasteiger partial charge in [0.25, 0.3) is 0 Å². The van der Waals surface area contributed by atoms with Crippen LogP contribution < -0.4 is 10.2 Å². The summed E-state index contributed by atoms with van der Waals surface area (Å²) >= 11 is 0. The predicted octanol–water partition coefficient (Wildman–Crippen LogP) is 0.697. The molecule has 1 aromatic carbocycles. The first-order valence-electron chi connectivity index (χ1n) is 7.05. The third kappa shape index (κ3) is 4.20. The highest BCUT2D eigenvalue weighted by Gasteiger charge is 2.19. The van der Waals surface area contributed by atoms with E-state index in [1.165, 1.54) is 11.3 Å². The van der Waals surface area contributed by atoms with Gasteiger partial charge in [0.15, 0.2) is 0 Å². The Hall–Kier alpha value is -1.10. The lowest BCUT2D eigenvalue weighted by molar-refractivity contribution is 0.109. The number of nitrogens with zero attached hydrogens (tertiary/aromatic N) is 2. The molecule has 1 aliphatic rings. The molecule has 0 bridgehead atoms. The number of aliphatic hydroxyl groups excluding tert-OH is 1. The maximum absolute atomic E-state index is 9.80. The minimum Gasteiger partial charge on any atom is -0.390 e. The number of anilines is 1. The Morgan fingerprint density at radius 1 is 1.26 bits per heavy atom. The number of hydrogen-bond acceptors (Lipinski definition) is 4. The second-order valence-corrected chi connectivity index (χ2v) is 5.34. The fraction of sp³-hybridized carbons (Fsp3) is 0.600. The van der Waals surface area contributed by atoms with Crippen molar-refractivity contribution < 1.29 is 5.11 Å². The number of likely N-dealkylation sites (N-methyl/N-ethyl adjacent to an activating group) is 1. The molecule has 0 aliphatic carbocycles. The molecule has 1 fully saturated rings. The van der Waals surface area contributed by atoms with Crippen LogP contribution in [0, 0.1) is 6.92 Å². The largest absolute Gasteiger partial charge is 0.390 e. The third-order valence-corrected chi connectivity index (χ3v) is 3.65. The number of piperazine rings is 1. The van der Waals surface area contributed by atoms with E-state index in [-0.39, 0.29) is 6.10 Å². The average Bonchev–Trinajstić information content (AvgIpc) is 2.40. The van der Waals surface area contributed by atoms with Gasteiger partial charge in [-0.15, -0.1) is 0 Å². The second kappa shape index (κ2) is 6.89. The van der Waals surface area contributed by atoms with E-state index in [4.69, 9.17) is 0 Å². The molecule has 1 atom stereocenters. The third-order valence-electron chi connectivity index (χ3n) is 3.65. The van der Waals surface area contributed by atoms with Crippen LogP contribution >= 0.6 is 0 Å². The van der Waals surface area contributed by atoms with Gasteiger partial charge >= 0.3 is 0 Å². The summed E-state index contributed by atoms with van der Waals surface area (Å²) < 4.78 is 0. The number of nitrogens with one attached hydrogen (secondary N) is 1. The molecule has 1 heterocycles. The van der Waals surface area contributed by atoms with Gasteiger partial charge in [-0.2, -0.15) is 0 Å². The van der Waals surface area contributed by atoms with Gasteiger partial charge in [0, 0.05) is 45.0 Å². The Labute approximate surface area is 116 Å². The van der Waals surface area contributed by atoms with Gasteiger partial charge in [-0.25, -0.2) is 0 Å². The van der Waals surface area contributed by atoms with Crippen molar-refractivity contribution in [1.82, 2.24) is 10.2 Å². The number of aryl methyl sites for hydroxylation is 1. The van der Waals surface area contributed by atoms with E-state index in [1.54, 1.807) is 0 Å². The molecule has 2 rings (SSSR count). The lowest BCUT2D eigenvalue weighted by Gasteiger charge is -2.37. The van der Waals surface area contributed by atoms with Crippen LogP contribution in [0.5, 0.6) is 0 Å². The minimum absolute atomic E-state index is 0.268. The summed E-state index contributed by atoms with van der Waals surface area (Å²) in [4.78, 5) is 4.77. The molecule has 0 spiro atoms. The zero-order chi connectivity index (χ0) is 13.7. The Morgan fingerprint density at radius 2 is 2.00 bits per heavy atom. The van der Waals surface area contributed by atoms with E-state index in [0.717, 1.165) is 32.7 Å². The van der Waals surface area contributed by atoms with Crippen molar-refractivity contribution in [2.24, 2.45) is 0 Å². The van der Waals surface area contributed by atoms with Gasteiger partial charge in [0.1, 0.15) is 0 Å². The van der Waals surface area contributed by atoms with E-state index in [9.17, 15) is 5.11 Å². The monoisotopic (exact) mass is 263 g/mol. The standard InChI is InChI=1S/C15H25N3O/c1-13-4-3-5-14(10-13)18-8-6-17(7-9-18)12-15(19)11-16-2/h3-5,10,15-16,19H,6-9,11-12H2,1-2H3. The first-order chi connectivity index (χ1) is 9.19. The van der Waals surface area contributed by atoms with Crippen LogP contribution in [0.15, 0.2) is 24.3 Å². The van der Waals surface area contributed by atoms with Crippen LogP contribution in [0.2, 0.25) is 0 Å². The number of aliphatic hydroxyl groups is 1. The summed E-state index contributed by atoms with van der Waals surface area (Å²) in [7, 11) is 1.87. The minimum atomic E-state index is -0.268. The van der Waals surface area contributed by atoms with Crippen molar-refractivity contribution >= 4 is 5.69 Å².